The number of nitrogens with zero attached hydrogens (tertiary/aromatic N) is 5. The summed E-state index contributed by atoms with van der Waals surface area (Å²) in [5.41, 5.74) is 6.03. The van der Waals surface area contributed by atoms with E-state index in [1.165, 1.54) is 0 Å². The van der Waals surface area contributed by atoms with Crippen LogP contribution in [0.4, 0.5) is 16.0 Å². The van der Waals surface area contributed by atoms with E-state index in [0.29, 0.717) is 29.8 Å². The number of aryl methyl sites for hydroxylation is 1. The van der Waals surface area contributed by atoms with Gasteiger partial charge in [-0.25, -0.2) is 19.3 Å². The Morgan fingerprint density at radius 1 is 0.898 bits per heavy atom. The van der Waals surface area contributed by atoms with Crippen LogP contribution in [0.1, 0.15) is 24.8 Å². The van der Waals surface area contributed by atoms with Gasteiger partial charge in [0.05, 0.1) is 54.7 Å². The third-order valence-electron chi connectivity index (χ3n) is 9.39. The number of carbonyl (C=O) groups excluding carboxylic acids is 2. The molecule has 0 unspecified atom stereocenters. The van der Waals surface area contributed by atoms with Crippen LogP contribution >= 0.6 is 0 Å². The van der Waals surface area contributed by atoms with Crippen molar-refractivity contribution in [3.05, 3.63) is 78.8 Å². The van der Waals surface area contributed by atoms with Crippen LogP contribution < -0.4 is 20.1 Å². The molecular formula is C37H34FN7O4. The smallest absolute Gasteiger partial charge is 0.231 e. The summed E-state index contributed by atoms with van der Waals surface area (Å²) in [7, 11) is 5.20. The number of benzene rings is 1. The Kier molecular flexibility index (Phi) is 7.50. The average molecular weight is 660 g/mol. The van der Waals surface area contributed by atoms with Crippen molar-refractivity contribution >= 4 is 45.3 Å². The Morgan fingerprint density at radius 3 is 2.35 bits per heavy atom. The number of hydrogen-bond donors (Lipinski definition) is 2. The van der Waals surface area contributed by atoms with Crippen LogP contribution in [0.15, 0.2) is 73.2 Å². The molecule has 8 rings (SSSR count). The van der Waals surface area contributed by atoms with Gasteiger partial charge < -0.3 is 29.2 Å². The standard InChI is InChI=1S/C37H34FN7O4/c1-44-29-16-33(43-36(47)24-14-27(24)38)41-18-25(29)26(34(44)23-7-4-5-9-31(23)48-2)19-45-28-15-32(42-35(46)20-10-11-20)40-17-21(28)13-30(45)22-8-6-12-39-37(22)49-3/h4-9,12-13,15-18,20,24,27H,10-11,14,19H2,1-3H3,(H,40,42,46)(H,41,43,47)/t24-,27+/m1/s1. The van der Waals surface area contributed by atoms with Crippen LogP contribution in [0.25, 0.3) is 44.3 Å². The van der Waals surface area contributed by atoms with Gasteiger partial charge in [0, 0.05) is 65.6 Å². The van der Waals surface area contributed by atoms with Crippen molar-refractivity contribution < 1.29 is 23.5 Å². The molecule has 0 spiro atoms. The molecule has 0 radical (unpaired) electrons. The fourth-order valence-electron chi connectivity index (χ4n) is 6.57. The number of para-hydroxylation sites is 1. The number of halogens is 1. The molecular weight excluding hydrogens is 625 g/mol. The number of amides is 2. The van der Waals surface area contributed by atoms with Gasteiger partial charge in [-0.2, -0.15) is 0 Å². The quantitative estimate of drug-likeness (QED) is 0.175. The molecule has 2 amide bonds. The molecule has 2 N–H and O–H groups in total. The first-order valence-corrected chi connectivity index (χ1v) is 16.2. The molecule has 12 heteroatoms. The maximum absolute atomic E-state index is 13.6. The van der Waals surface area contributed by atoms with Crippen molar-refractivity contribution in [3.8, 4) is 34.1 Å². The molecule has 0 saturated heterocycles. The number of aromatic nitrogens is 5. The summed E-state index contributed by atoms with van der Waals surface area (Å²) in [4.78, 5) is 39.0. The van der Waals surface area contributed by atoms with Gasteiger partial charge in [0.15, 0.2) is 0 Å². The lowest BCUT2D eigenvalue weighted by Crippen LogP contribution is -2.15. The van der Waals surface area contributed by atoms with E-state index < -0.39 is 12.1 Å². The van der Waals surface area contributed by atoms with Gasteiger partial charge in [-0.3, -0.25) is 9.59 Å². The zero-order chi connectivity index (χ0) is 33.8. The van der Waals surface area contributed by atoms with Gasteiger partial charge in [0.1, 0.15) is 23.6 Å². The van der Waals surface area contributed by atoms with Crippen molar-refractivity contribution in [2.24, 2.45) is 18.9 Å². The summed E-state index contributed by atoms with van der Waals surface area (Å²) in [6.07, 6.45) is 6.10. The number of hydrogen-bond acceptors (Lipinski definition) is 7. The number of methoxy groups -OCH3 is 2. The molecule has 2 saturated carbocycles. The topological polar surface area (TPSA) is 125 Å². The third-order valence-corrected chi connectivity index (χ3v) is 9.39. The van der Waals surface area contributed by atoms with Crippen LogP contribution in [-0.4, -0.2) is 56.3 Å². The highest BCUT2D eigenvalue weighted by Crippen LogP contribution is 2.42. The molecule has 49 heavy (non-hydrogen) atoms. The monoisotopic (exact) mass is 659 g/mol. The maximum atomic E-state index is 13.6. The van der Waals surface area contributed by atoms with Crippen LogP contribution in [-0.2, 0) is 23.2 Å². The zero-order valence-corrected chi connectivity index (χ0v) is 27.2. The summed E-state index contributed by atoms with van der Waals surface area (Å²) < 4.78 is 29.4. The van der Waals surface area contributed by atoms with E-state index in [1.54, 1.807) is 32.8 Å². The number of anilines is 2. The number of carbonyl (C=O) groups is 2. The molecule has 2 atom stereocenters. The van der Waals surface area contributed by atoms with E-state index >= 15 is 0 Å². The van der Waals surface area contributed by atoms with Gasteiger partial charge in [0.25, 0.3) is 0 Å². The molecule has 2 aliphatic carbocycles. The summed E-state index contributed by atoms with van der Waals surface area (Å²) in [5.74, 6) is 0.995. The lowest BCUT2D eigenvalue weighted by atomic mass is 10.0. The molecule has 6 aromatic rings. The first kappa shape index (κ1) is 30.5. The van der Waals surface area contributed by atoms with E-state index in [9.17, 15) is 14.0 Å². The maximum Gasteiger partial charge on any atom is 0.231 e. The number of nitrogens with one attached hydrogen (secondary N) is 2. The first-order valence-electron chi connectivity index (χ1n) is 16.2. The Bertz CT molecular complexity index is 2270. The number of alkyl halides is 1. The lowest BCUT2D eigenvalue weighted by molar-refractivity contribution is -0.118. The highest BCUT2D eigenvalue weighted by atomic mass is 19.1. The first-order chi connectivity index (χ1) is 23.8. The second-order valence-corrected chi connectivity index (χ2v) is 12.6. The molecule has 5 heterocycles. The Morgan fingerprint density at radius 2 is 1.61 bits per heavy atom. The summed E-state index contributed by atoms with van der Waals surface area (Å²) in [6.45, 7) is 0.376. The van der Waals surface area contributed by atoms with Crippen LogP contribution in [0.5, 0.6) is 11.6 Å². The largest absolute Gasteiger partial charge is 0.496 e. The average Bonchev–Trinajstić information content (AvgIpc) is 4.05. The predicted molar refractivity (Wildman–Crippen MR) is 184 cm³/mol. The predicted octanol–water partition coefficient (Wildman–Crippen LogP) is 6.36. The van der Waals surface area contributed by atoms with Crippen molar-refractivity contribution in [2.45, 2.75) is 32.0 Å². The van der Waals surface area contributed by atoms with Crippen LogP contribution in [0.3, 0.4) is 0 Å². The summed E-state index contributed by atoms with van der Waals surface area (Å²) in [6, 6.07) is 17.4. The Hall–Kier alpha value is -5.78. The molecule has 5 aromatic heterocycles. The van der Waals surface area contributed by atoms with Crippen LogP contribution in [0.2, 0.25) is 0 Å². The minimum atomic E-state index is -1.11. The molecule has 2 fully saturated rings. The van der Waals surface area contributed by atoms with E-state index in [0.717, 1.165) is 62.7 Å². The van der Waals surface area contributed by atoms with Crippen molar-refractivity contribution in [1.82, 2.24) is 24.1 Å². The van der Waals surface area contributed by atoms with Gasteiger partial charge in [-0.15, -0.1) is 0 Å². The van der Waals surface area contributed by atoms with Gasteiger partial charge in [0.2, 0.25) is 17.7 Å². The normalized spacial score (nSPS) is 16.9. The Labute approximate surface area is 281 Å². The number of pyridine rings is 3. The van der Waals surface area contributed by atoms with E-state index in [-0.39, 0.29) is 24.2 Å². The van der Waals surface area contributed by atoms with Crippen molar-refractivity contribution in [1.29, 1.82) is 0 Å². The molecule has 0 aliphatic heterocycles. The number of ether oxygens (including phenoxy) is 2. The molecule has 248 valence electrons. The van der Waals surface area contributed by atoms with Gasteiger partial charge in [-0.05, 0) is 49.6 Å². The second-order valence-electron chi connectivity index (χ2n) is 12.6. The fourth-order valence-corrected chi connectivity index (χ4v) is 6.57. The highest BCUT2D eigenvalue weighted by molar-refractivity contribution is 5.99. The minimum Gasteiger partial charge on any atom is -0.496 e. The number of rotatable bonds is 10. The van der Waals surface area contributed by atoms with E-state index in [2.05, 4.69) is 34.7 Å². The fraction of sp³-hybridized carbons (Fsp3) is 0.270. The van der Waals surface area contributed by atoms with E-state index in [1.807, 2.05) is 61.6 Å². The van der Waals surface area contributed by atoms with Gasteiger partial charge in [-0.1, -0.05) is 12.1 Å². The van der Waals surface area contributed by atoms with Crippen LogP contribution in [0, 0.1) is 11.8 Å². The second kappa shape index (κ2) is 12.0. The summed E-state index contributed by atoms with van der Waals surface area (Å²) >= 11 is 0. The van der Waals surface area contributed by atoms with E-state index in [4.69, 9.17) is 9.47 Å². The highest BCUT2D eigenvalue weighted by Gasteiger charge is 2.43. The molecule has 0 bridgehead atoms. The lowest BCUT2D eigenvalue weighted by Gasteiger charge is -2.16. The van der Waals surface area contributed by atoms with Crippen molar-refractivity contribution in [3.63, 3.8) is 0 Å². The molecule has 2 aliphatic rings. The zero-order valence-electron chi connectivity index (χ0n) is 27.2. The van der Waals surface area contributed by atoms with Gasteiger partial charge >= 0.3 is 0 Å². The molecule has 11 nitrogen and oxygen atoms in total. The molecule has 1 aromatic carbocycles. The minimum absolute atomic E-state index is 0.0238. The van der Waals surface area contributed by atoms with Crippen molar-refractivity contribution in [2.75, 3.05) is 24.9 Å². The summed E-state index contributed by atoms with van der Waals surface area (Å²) in [5, 5.41) is 7.52. The third kappa shape index (κ3) is 5.52. The Balaban J connectivity index is 1.33. The SMILES string of the molecule is COc1ccccc1-c1c(Cn2c(-c3cccnc3OC)cc3cnc(NC(=O)C4CC4)cc32)c2cnc(NC(=O)[C@@H]3C[C@@H]3F)cc2n1C. The number of fused-ring (bicyclic) bond motifs is 2.